The van der Waals surface area contributed by atoms with Crippen LogP contribution in [-0.4, -0.2) is 17.3 Å². The Morgan fingerprint density at radius 1 is 1.26 bits per heavy atom. The van der Waals surface area contributed by atoms with E-state index in [1.54, 1.807) is 35.6 Å². The highest BCUT2D eigenvalue weighted by Gasteiger charge is 2.03. The molecule has 5 heteroatoms. The second kappa shape index (κ2) is 6.23. The van der Waals surface area contributed by atoms with Gasteiger partial charge in [-0.1, -0.05) is 23.9 Å². The van der Waals surface area contributed by atoms with Gasteiger partial charge in [-0.2, -0.15) is 0 Å². The largest absolute Gasteiger partial charge is 0.472 e. The third kappa shape index (κ3) is 3.37. The number of thioether (sulfide) groups is 1. The second-order valence-corrected chi connectivity index (χ2v) is 6.48. The molecule has 2 heterocycles. The molecule has 98 valence electrons. The normalized spacial score (nSPS) is 11.2. The Balaban J connectivity index is 1.44. The first-order valence-electron chi connectivity index (χ1n) is 6.12. The highest BCUT2D eigenvalue weighted by Crippen LogP contribution is 2.28. The number of para-hydroxylation sites is 1. The SMILES string of the molecule is c1ccc2sc(SCCNCc3ccoc3)nc2c1. The van der Waals surface area contributed by atoms with E-state index in [2.05, 4.69) is 28.5 Å². The zero-order valence-corrected chi connectivity index (χ0v) is 12.0. The molecule has 0 aliphatic heterocycles. The van der Waals surface area contributed by atoms with Gasteiger partial charge in [-0.05, 0) is 18.2 Å². The number of furan rings is 1. The molecule has 0 fully saturated rings. The van der Waals surface area contributed by atoms with Crippen LogP contribution in [0, 0.1) is 0 Å². The third-order valence-corrected chi connectivity index (χ3v) is 4.87. The van der Waals surface area contributed by atoms with Crippen LogP contribution in [0.25, 0.3) is 10.2 Å². The van der Waals surface area contributed by atoms with E-state index in [0.717, 1.165) is 28.7 Å². The average molecular weight is 290 g/mol. The van der Waals surface area contributed by atoms with E-state index in [1.807, 2.05) is 12.1 Å². The smallest absolute Gasteiger partial charge is 0.151 e. The predicted octanol–water partition coefficient (Wildman–Crippen LogP) is 3.77. The molecule has 0 radical (unpaired) electrons. The molecule has 0 unspecified atom stereocenters. The lowest BCUT2D eigenvalue weighted by Gasteiger charge is -2.00. The molecule has 0 aliphatic rings. The van der Waals surface area contributed by atoms with Gasteiger partial charge in [-0.15, -0.1) is 11.3 Å². The molecule has 1 N–H and O–H groups in total. The van der Waals surface area contributed by atoms with Gasteiger partial charge in [0.1, 0.15) is 0 Å². The Bertz CT molecular complexity index is 601. The minimum absolute atomic E-state index is 0.858. The fraction of sp³-hybridized carbons (Fsp3) is 0.214. The number of aromatic nitrogens is 1. The minimum Gasteiger partial charge on any atom is -0.472 e. The Morgan fingerprint density at radius 2 is 2.21 bits per heavy atom. The molecule has 0 saturated carbocycles. The summed E-state index contributed by atoms with van der Waals surface area (Å²) in [7, 11) is 0. The van der Waals surface area contributed by atoms with Crippen LogP contribution in [0.2, 0.25) is 0 Å². The molecular formula is C14H14N2OS2. The maximum atomic E-state index is 5.02. The molecule has 0 spiro atoms. The fourth-order valence-electron chi connectivity index (χ4n) is 1.75. The fourth-order valence-corrected chi connectivity index (χ4v) is 3.79. The van der Waals surface area contributed by atoms with E-state index in [0.29, 0.717) is 0 Å². The summed E-state index contributed by atoms with van der Waals surface area (Å²) in [4.78, 5) is 4.60. The van der Waals surface area contributed by atoms with Crippen molar-refractivity contribution in [1.82, 2.24) is 10.3 Å². The van der Waals surface area contributed by atoms with Crippen LogP contribution in [0.15, 0.2) is 51.6 Å². The topological polar surface area (TPSA) is 38.1 Å². The molecule has 3 nitrogen and oxygen atoms in total. The second-order valence-electron chi connectivity index (χ2n) is 4.10. The van der Waals surface area contributed by atoms with Crippen LogP contribution >= 0.6 is 23.1 Å². The van der Waals surface area contributed by atoms with Gasteiger partial charge >= 0.3 is 0 Å². The third-order valence-electron chi connectivity index (χ3n) is 2.69. The van der Waals surface area contributed by atoms with Crippen molar-refractivity contribution in [3.05, 3.63) is 48.4 Å². The van der Waals surface area contributed by atoms with E-state index >= 15 is 0 Å². The van der Waals surface area contributed by atoms with E-state index in [4.69, 9.17) is 4.42 Å². The summed E-state index contributed by atoms with van der Waals surface area (Å²) in [6.45, 7) is 1.82. The van der Waals surface area contributed by atoms with Gasteiger partial charge in [0.2, 0.25) is 0 Å². The van der Waals surface area contributed by atoms with E-state index in [9.17, 15) is 0 Å². The quantitative estimate of drug-likeness (QED) is 0.554. The van der Waals surface area contributed by atoms with Gasteiger partial charge in [-0.25, -0.2) is 4.98 Å². The van der Waals surface area contributed by atoms with Crippen LogP contribution < -0.4 is 5.32 Å². The highest BCUT2D eigenvalue weighted by atomic mass is 32.2. The van der Waals surface area contributed by atoms with E-state index in [-0.39, 0.29) is 0 Å². The lowest BCUT2D eigenvalue weighted by molar-refractivity contribution is 0.561. The van der Waals surface area contributed by atoms with Crippen molar-refractivity contribution >= 4 is 33.3 Å². The number of nitrogens with one attached hydrogen (secondary N) is 1. The Labute approximate surface area is 120 Å². The summed E-state index contributed by atoms with van der Waals surface area (Å²) in [6.07, 6.45) is 3.47. The minimum atomic E-state index is 0.858. The number of fused-ring (bicyclic) bond motifs is 1. The van der Waals surface area contributed by atoms with E-state index in [1.165, 1.54) is 10.3 Å². The Hall–Kier alpha value is -1.30. The molecule has 2 aromatic heterocycles. The van der Waals surface area contributed by atoms with Gasteiger partial charge in [0, 0.05) is 24.4 Å². The molecule has 0 aliphatic carbocycles. The summed E-state index contributed by atoms with van der Waals surface area (Å²) in [5.41, 5.74) is 2.28. The maximum Gasteiger partial charge on any atom is 0.151 e. The standard InChI is InChI=1S/C14H14N2OS2/c1-2-4-13-12(3-1)16-14(19-13)18-8-6-15-9-11-5-7-17-10-11/h1-5,7,10,15H,6,8-9H2. The zero-order valence-electron chi connectivity index (χ0n) is 10.3. The lowest BCUT2D eigenvalue weighted by Crippen LogP contribution is -2.15. The number of nitrogens with zero attached hydrogens (tertiary/aromatic N) is 1. The zero-order chi connectivity index (χ0) is 12.9. The molecular weight excluding hydrogens is 276 g/mol. The van der Waals surface area contributed by atoms with Gasteiger partial charge in [0.05, 0.1) is 22.7 Å². The van der Waals surface area contributed by atoms with Crippen molar-refractivity contribution in [3.8, 4) is 0 Å². The molecule has 3 rings (SSSR count). The van der Waals surface area contributed by atoms with Gasteiger partial charge < -0.3 is 9.73 Å². The van der Waals surface area contributed by atoms with Crippen molar-refractivity contribution in [2.45, 2.75) is 10.9 Å². The Morgan fingerprint density at radius 3 is 3.05 bits per heavy atom. The summed E-state index contributed by atoms with van der Waals surface area (Å²) < 4.78 is 7.43. The van der Waals surface area contributed by atoms with Crippen molar-refractivity contribution in [3.63, 3.8) is 0 Å². The van der Waals surface area contributed by atoms with Crippen LogP contribution in [0.4, 0.5) is 0 Å². The van der Waals surface area contributed by atoms with Crippen LogP contribution in [0.5, 0.6) is 0 Å². The van der Waals surface area contributed by atoms with Crippen molar-refractivity contribution in [1.29, 1.82) is 0 Å². The first-order chi connectivity index (χ1) is 9.42. The van der Waals surface area contributed by atoms with Crippen LogP contribution in [0.1, 0.15) is 5.56 Å². The molecule has 0 bridgehead atoms. The number of thiazole rings is 1. The van der Waals surface area contributed by atoms with Gasteiger partial charge in [0.25, 0.3) is 0 Å². The molecule has 0 amide bonds. The first-order valence-corrected chi connectivity index (χ1v) is 7.92. The van der Waals surface area contributed by atoms with Crippen molar-refractivity contribution in [2.75, 3.05) is 12.3 Å². The highest BCUT2D eigenvalue weighted by molar-refractivity contribution is 8.01. The Kier molecular flexibility index (Phi) is 4.17. The molecule has 0 saturated heterocycles. The summed E-state index contributed by atoms with van der Waals surface area (Å²) in [5.74, 6) is 1.03. The number of hydrogen-bond donors (Lipinski definition) is 1. The molecule has 3 aromatic rings. The monoisotopic (exact) mass is 290 g/mol. The van der Waals surface area contributed by atoms with Crippen molar-refractivity contribution < 1.29 is 4.42 Å². The van der Waals surface area contributed by atoms with Gasteiger partial charge in [0.15, 0.2) is 4.34 Å². The van der Waals surface area contributed by atoms with E-state index < -0.39 is 0 Å². The van der Waals surface area contributed by atoms with Crippen LogP contribution in [-0.2, 0) is 6.54 Å². The van der Waals surface area contributed by atoms with Gasteiger partial charge in [-0.3, -0.25) is 0 Å². The molecule has 0 atom stereocenters. The summed E-state index contributed by atoms with van der Waals surface area (Å²) in [5, 5.41) is 3.39. The lowest BCUT2D eigenvalue weighted by atomic mass is 10.3. The maximum absolute atomic E-state index is 5.02. The number of hydrogen-bond acceptors (Lipinski definition) is 5. The average Bonchev–Trinajstić information content (AvgIpc) is 3.06. The molecule has 1 aromatic carbocycles. The summed E-state index contributed by atoms with van der Waals surface area (Å²) in [6, 6.07) is 10.2. The number of benzene rings is 1. The van der Waals surface area contributed by atoms with Crippen molar-refractivity contribution in [2.24, 2.45) is 0 Å². The predicted molar refractivity (Wildman–Crippen MR) is 80.8 cm³/mol. The van der Waals surface area contributed by atoms with Crippen LogP contribution in [0.3, 0.4) is 0 Å². The number of rotatable bonds is 6. The molecule has 19 heavy (non-hydrogen) atoms. The first kappa shape index (κ1) is 12.7. The summed E-state index contributed by atoms with van der Waals surface area (Å²) >= 11 is 3.57.